The van der Waals surface area contributed by atoms with Crippen molar-refractivity contribution in [2.45, 2.75) is 50.1 Å². The summed E-state index contributed by atoms with van der Waals surface area (Å²) in [6.07, 6.45) is 6.34. The maximum absolute atomic E-state index is 10.3. The van der Waals surface area contributed by atoms with Crippen LogP contribution in [0, 0.1) is 5.92 Å². The summed E-state index contributed by atoms with van der Waals surface area (Å²) in [5.74, 6) is 1.74. The third-order valence-corrected chi connectivity index (χ3v) is 5.78. The fourth-order valence-electron chi connectivity index (χ4n) is 4.69. The van der Waals surface area contributed by atoms with Gasteiger partial charge in [0.15, 0.2) is 0 Å². The van der Waals surface area contributed by atoms with Crippen molar-refractivity contribution >= 4 is 0 Å². The monoisotopic (exact) mass is 307 g/mol. The fourth-order valence-corrected chi connectivity index (χ4v) is 4.69. The Bertz CT molecular complexity index is 654. The molecule has 2 aromatic carbocycles. The summed E-state index contributed by atoms with van der Waals surface area (Å²) in [7, 11) is 0. The zero-order valence-corrected chi connectivity index (χ0v) is 13.5. The third kappa shape index (κ3) is 2.88. The Labute approximate surface area is 138 Å². The zero-order chi connectivity index (χ0) is 15.6. The van der Waals surface area contributed by atoms with Crippen molar-refractivity contribution in [3.8, 4) is 5.75 Å². The average Bonchev–Trinajstić information content (AvgIpc) is 2.62. The van der Waals surface area contributed by atoms with Gasteiger partial charge >= 0.3 is 0 Å². The van der Waals surface area contributed by atoms with Crippen LogP contribution in [0.3, 0.4) is 0 Å². The summed E-state index contributed by atoms with van der Waals surface area (Å²) in [6, 6.07) is 19.6. The second-order valence-electron chi connectivity index (χ2n) is 7.09. The van der Waals surface area contributed by atoms with Crippen molar-refractivity contribution in [1.82, 2.24) is 5.32 Å². The number of piperidine rings is 1. The number of rotatable bonds is 2. The molecule has 0 spiro atoms. The van der Waals surface area contributed by atoms with E-state index in [0.29, 0.717) is 17.7 Å². The van der Waals surface area contributed by atoms with E-state index < -0.39 is 0 Å². The molecule has 2 N–H and O–H groups in total. The van der Waals surface area contributed by atoms with Gasteiger partial charge in [0.1, 0.15) is 5.75 Å². The van der Waals surface area contributed by atoms with Gasteiger partial charge in [0.05, 0.1) is 0 Å². The summed E-state index contributed by atoms with van der Waals surface area (Å²) in [4.78, 5) is 0. The van der Waals surface area contributed by atoms with Crippen LogP contribution in [-0.4, -0.2) is 11.1 Å². The van der Waals surface area contributed by atoms with Crippen LogP contribution < -0.4 is 5.32 Å². The molecule has 120 valence electrons. The fraction of sp³-hybridized carbons (Fsp3) is 0.429. The van der Waals surface area contributed by atoms with Crippen LogP contribution in [0.25, 0.3) is 0 Å². The molecule has 1 aliphatic carbocycles. The van der Waals surface area contributed by atoms with Crippen LogP contribution in [0.15, 0.2) is 54.6 Å². The molecule has 2 nitrogen and oxygen atoms in total. The second-order valence-corrected chi connectivity index (χ2v) is 7.09. The Morgan fingerprint density at radius 3 is 2.43 bits per heavy atom. The van der Waals surface area contributed by atoms with Gasteiger partial charge in [0, 0.05) is 17.6 Å². The summed E-state index contributed by atoms with van der Waals surface area (Å²) >= 11 is 0. The highest BCUT2D eigenvalue weighted by Gasteiger charge is 2.40. The van der Waals surface area contributed by atoms with Gasteiger partial charge in [-0.25, -0.2) is 0 Å². The van der Waals surface area contributed by atoms with E-state index in [-0.39, 0.29) is 6.04 Å². The molecule has 23 heavy (non-hydrogen) atoms. The van der Waals surface area contributed by atoms with E-state index in [4.69, 9.17) is 0 Å². The van der Waals surface area contributed by atoms with Crippen LogP contribution in [0.4, 0.5) is 0 Å². The number of fused-ring (bicyclic) bond motifs is 1. The molecule has 0 bridgehead atoms. The van der Waals surface area contributed by atoms with E-state index in [0.717, 1.165) is 17.9 Å². The number of benzene rings is 2. The molecule has 0 unspecified atom stereocenters. The van der Waals surface area contributed by atoms with Crippen LogP contribution in [0.1, 0.15) is 55.2 Å². The molecular formula is C21H25NO. The molecule has 2 fully saturated rings. The van der Waals surface area contributed by atoms with Crippen molar-refractivity contribution in [3.05, 3.63) is 65.7 Å². The second kappa shape index (κ2) is 6.37. The van der Waals surface area contributed by atoms with Crippen LogP contribution >= 0.6 is 0 Å². The van der Waals surface area contributed by atoms with E-state index in [1.165, 1.54) is 31.2 Å². The largest absolute Gasteiger partial charge is 0.508 e. The Hall–Kier alpha value is -1.80. The minimum atomic E-state index is 0.251. The molecule has 0 radical (unpaired) electrons. The smallest absolute Gasteiger partial charge is 0.120 e. The number of aromatic hydroxyl groups is 1. The Morgan fingerprint density at radius 2 is 1.61 bits per heavy atom. The van der Waals surface area contributed by atoms with E-state index in [9.17, 15) is 5.11 Å². The molecule has 1 saturated carbocycles. The Morgan fingerprint density at radius 1 is 0.870 bits per heavy atom. The Balaban J connectivity index is 1.68. The van der Waals surface area contributed by atoms with Gasteiger partial charge in [-0.1, -0.05) is 61.4 Å². The van der Waals surface area contributed by atoms with Crippen molar-refractivity contribution in [2.24, 2.45) is 5.92 Å². The molecule has 1 saturated heterocycles. The van der Waals surface area contributed by atoms with Gasteiger partial charge in [-0.05, 0) is 42.7 Å². The first kappa shape index (κ1) is 14.8. The number of phenolic OH excluding ortho intramolecular Hbond substituents is 1. The summed E-state index contributed by atoms with van der Waals surface area (Å²) < 4.78 is 0. The molecule has 0 amide bonds. The van der Waals surface area contributed by atoms with E-state index in [1.54, 1.807) is 0 Å². The maximum Gasteiger partial charge on any atom is 0.120 e. The van der Waals surface area contributed by atoms with Gasteiger partial charge in [-0.2, -0.15) is 0 Å². The van der Waals surface area contributed by atoms with Crippen LogP contribution in [0.5, 0.6) is 5.75 Å². The standard InChI is InChI=1S/C21H25NO/c23-21-13-7-5-11-17(21)20-14-18(15-8-2-1-3-9-15)16-10-4-6-12-19(16)22-20/h1-3,5,7-9,11,13,16,18-20,22-23H,4,6,10,12,14H2/t16-,18-,19-,20-/m0/s1. The molecule has 2 aliphatic rings. The molecule has 2 aromatic rings. The highest BCUT2D eigenvalue weighted by atomic mass is 16.3. The first-order chi connectivity index (χ1) is 11.3. The van der Waals surface area contributed by atoms with E-state index in [2.05, 4.69) is 41.7 Å². The zero-order valence-electron chi connectivity index (χ0n) is 13.5. The number of phenols is 1. The lowest BCUT2D eigenvalue weighted by Gasteiger charge is -2.46. The number of hydrogen-bond donors (Lipinski definition) is 2. The average molecular weight is 307 g/mol. The number of para-hydroxylation sites is 1. The van der Waals surface area contributed by atoms with Gasteiger partial charge in [0.2, 0.25) is 0 Å². The van der Waals surface area contributed by atoms with Crippen LogP contribution in [-0.2, 0) is 0 Å². The summed E-state index contributed by atoms with van der Waals surface area (Å²) in [5, 5.41) is 14.1. The molecule has 2 heteroatoms. The highest BCUT2D eigenvalue weighted by Crippen LogP contribution is 2.46. The lowest BCUT2D eigenvalue weighted by Crippen LogP contribution is -2.48. The SMILES string of the molecule is Oc1ccccc1[C@@H]1C[C@@H](c2ccccc2)[C@@H]2CCCC[C@@H]2N1. The minimum Gasteiger partial charge on any atom is -0.508 e. The topological polar surface area (TPSA) is 32.3 Å². The molecule has 1 aliphatic heterocycles. The van der Waals surface area contributed by atoms with Crippen molar-refractivity contribution in [2.75, 3.05) is 0 Å². The third-order valence-electron chi connectivity index (χ3n) is 5.78. The molecule has 4 atom stereocenters. The predicted molar refractivity (Wildman–Crippen MR) is 93.5 cm³/mol. The highest BCUT2D eigenvalue weighted by molar-refractivity contribution is 5.36. The Kier molecular flexibility index (Phi) is 4.09. The van der Waals surface area contributed by atoms with Gasteiger partial charge in [0.25, 0.3) is 0 Å². The first-order valence-electron chi connectivity index (χ1n) is 8.92. The predicted octanol–water partition coefficient (Wildman–Crippen LogP) is 4.77. The van der Waals surface area contributed by atoms with Crippen molar-refractivity contribution in [1.29, 1.82) is 0 Å². The number of nitrogens with one attached hydrogen (secondary N) is 1. The lowest BCUT2D eigenvalue weighted by molar-refractivity contribution is 0.148. The maximum atomic E-state index is 10.3. The summed E-state index contributed by atoms with van der Waals surface area (Å²) in [6.45, 7) is 0. The molecule has 4 rings (SSSR count). The van der Waals surface area contributed by atoms with Gasteiger partial charge < -0.3 is 10.4 Å². The van der Waals surface area contributed by atoms with Crippen molar-refractivity contribution < 1.29 is 5.11 Å². The van der Waals surface area contributed by atoms with Gasteiger partial charge in [-0.3, -0.25) is 0 Å². The van der Waals surface area contributed by atoms with E-state index in [1.807, 2.05) is 18.2 Å². The number of hydrogen-bond acceptors (Lipinski definition) is 2. The van der Waals surface area contributed by atoms with E-state index >= 15 is 0 Å². The normalized spacial score (nSPS) is 30.6. The summed E-state index contributed by atoms with van der Waals surface area (Å²) in [5.41, 5.74) is 2.52. The van der Waals surface area contributed by atoms with Gasteiger partial charge in [-0.15, -0.1) is 0 Å². The first-order valence-corrected chi connectivity index (χ1v) is 8.92. The van der Waals surface area contributed by atoms with Crippen LogP contribution in [0.2, 0.25) is 0 Å². The molecule has 0 aromatic heterocycles. The molecule has 1 heterocycles. The minimum absolute atomic E-state index is 0.251. The molecular weight excluding hydrogens is 282 g/mol. The quantitative estimate of drug-likeness (QED) is 0.837. The van der Waals surface area contributed by atoms with Crippen molar-refractivity contribution in [3.63, 3.8) is 0 Å². The lowest BCUT2D eigenvalue weighted by atomic mass is 9.68.